The van der Waals surface area contributed by atoms with Crippen molar-refractivity contribution in [1.82, 2.24) is 9.97 Å². The Morgan fingerprint density at radius 1 is 0.576 bits per heavy atom. The predicted molar refractivity (Wildman–Crippen MR) is 146 cm³/mol. The van der Waals surface area contributed by atoms with E-state index in [9.17, 15) is 0 Å². The molecule has 4 rings (SSSR count). The summed E-state index contributed by atoms with van der Waals surface area (Å²) in [7, 11) is 0. The second-order valence-electron chi connectivity index (χ2n) is 6.88. The normalized spacial score (nSPS) is 9.00. The minimum atomic E-state index is 0.750. The highest BCUT2D eigenvalue weighted by atomic mass is 14.9. The third kappa shape index (κ3) is 9.08. The van der Waals surface area contributed by atoms with Crippen LogP contribution < -0.4 is 0 Å². The standard InChI is InChI=1S/C23H18N2.2C3H6.C2H6/c1-17-12-14-20(15-13-17)23-24-21(18-8-4-2-5-9-18)16-22(25-23)19-10-6-3-7-11-19;2*1-3-2;1-2/h2-16H,1H3;2*3H,1H2,2H3;1-2H3. The minimum Gasteiger partial charge on any atom is -0.228 e. The maximum absolute atomic E-state index is 4.82. The quantitative estimate of drug-likeness (QED) is 0.299. The summed E-state index contributed by atoms with van der Waals surface area (Å²) in [5, 5.41) is 0. The van der Waals surface area contributed by atoms with Crippen molar-refractivity contribution < 1.29 is 0 Å². The molecule has 0 unspecified atom stereocenters. The van der Waals surface area contributed by atoms with Gasteiger partial charge in [-0.1, -0.05) is 116 Å². The van der Waals surface area contributed by atoms with Crippen LogP contribution in [0.3, 0.4) is 0 Å². The van der Waals surface area contributed by atoms with Gasteiger partial charge in [0.2, 0.25) is 0 Å². The minimum absolute atomic E-state index is 0.750. The monoisotopic (exact) mass is 436 g/mol. The summed E-state index contributed by atoms with van der Waals surface area (Å²) in [5.74, 6) is 0.750. The summed E-state index contributed by atoms with van der Waals surface area (Å²) in [6.07, 6.45) is 3.50. The third-order valence-corrected chi connectivity index (χ3v) is 4.18. The van der Waals surface area contributed by atoms with Crippen LogP contribution in [0.5, 0.6) is 0 Å². The van der Waals surface area contributed by atoms with Crippen molar-refractivity contribution in [3.63, 3.8) is 0 Å². The van der Waals surface area contributed by atoms with Gasteiger partial charge in [0.05, 0.1) is 11.4 Å². The van der Waals surface area contributed by atoms with E-state index in [0.29, 0.717) is 0 Å². The molecule has 2 nitrogen and oxygen atoms in total. The van der Waals surface area contributed by atoms with E-state index >= 15 is 0 Å². The number of benzene rings is 3. The lowest BCUT2D eigenvalue weighted by molar-refractivity contribution is 1.18. The number of hydrogen-bond donors (Lipinski definition) is 0. The maximum Gasteiger partial charge on any atom is 0.160 e. The molecule has 0 saturated carbocycles. The van der Waals surface area contributed by atoms with E-state index in [1.54, 1.807) is 12.2 Å². The molecule has 170 valence electrons. The molecular weight excluding hydrogens is 400 g/mol. The maximum atomic E-state index is 4.82. The summed E-state index contributed by atoms with van der Waals surface area (Å²) < 4.78 is 0. The summed E-state index contributed by atoms with van der Waals surface area (Å²) >= 11 is 0. The lowest BCUT2D eigenvalue weighted by Crippen LogP contribution is -1.95. The van der Waals surface area contributed by atoms with Gasteiger partial charge < -0.3 is 0 Å². The highest BCUT2D eigenvalue weighted by molar-refractivity contribution is 5.71. The van der Waals surface area contributed by atoms with Crippen molar-refractivity contribution in [2.45, 2.75) is 34.6 Å². The Kier molecular flexibility index (Phi) is 13.2. The van der Waals surface area contributed by atoms with Crippen LogP contribution in [0.2, 0.25) is 0 Å². The van der Waals surface area contributed by atoms with E-state index in [0.717, 1.165) is 33.9 Å². The highest BCUT2D eigenvalue weighted by Gasteiger charge is 2.10. The molecule has 0 saturated heterocycles. The zero-order valence-corrected chi connectivity index (χ0v) is 20.6. The molecular formula is C31H36N2. The molecule has 0 fully saturated rings. The van der Waals surface area contributed by atoms with Crippen LogP contribution in [-0.2, 0) is 0 Å². The Morgan fingerprint density at radius 2 is 0.939 bits per heavy atom. The van der Waals surface area contributed by atoms with Gasteiger partial charge in [0, 0.05) is 16.7 Å². The van der Waals surface area contributed by atoms with Crippen molar-refractivity contribution in [1.29, 1.82) is 0 Å². The van der Waals surface area contributed by atoms with Gasteiger partial charge in [-0.05, 0) is 26.8 Å². The Bertz CT molecular complexity index is 1000. The van der Waals surface area contributed by atoms with Crippen LogP contribution >= 0.6 is 0 Å². The Balaban J connectivity index is 0.000000605. The predicted octanol–water partition coefficient (Wildman–Crippen LogP) is 9.20. The Hall–Kier alpha value is -3.78. The van der Waals surface area contributed by atoms with Crippen LogP contribution in [0, 0.1) is 6.92 Å². The summed E-state index contributed by atoms with van der Waals surface area (Å²) in [5.41, 5.74) is 6.31. The molecule has 0 atom stereocenters. The van der Waals surface area contributed by atoms with Crippen LogP contribution in [-0.4, -0.2) is 9.97 Å². The third-order valence-electron chi connectivity index (χ3n) is 4.18. The summed E-state index contributed by atoms with van der Waals surface area (Å²) in [6.45, 7) is 16.6. The van der Waals surface area contributed by atoms with Gasteiger partial charge in [0.1, 0.15) is 0 Å². The summed E-state index contributed by atoms with van der Waals surface area (Å²) in [6, 6.07) is 30.9. The van der Waals surface area contributed by atoms with E-state index in [1.807, 2.05) is 64.1 Å². The molecule has 0 aliphatic rings. The second kappa shape index (κ2) is 15.9. The van der Waals surface area contributed by atoms with Crippen molar-refractivity contribution in [2.24, 2.45) is 0 Å². The number of aryl methyl sites for hydroxylation is 1. The molecule has 33 heavy (non-hydrogen) atoms. The average Bonchev–Trinajstić information content (AvgIpc) is 2.87. The lowest BCUT2D eigenvalue weighted by Gasteiger charge is -2.09. The zero-order chi connectivity index (χ0) is 24.5. The molecule has 0 bridgehead atoms. The number of allylic oxidation sites excluding steroid dienone is 2. The molecule has 1 heterocycles. The van der Waals surface area contributed by atoms with Gasteiger partial charge in [0.15, 0.2) is 5.82 Å². The largest absolute Gasteiger partial charge is 0.228 e. The average molecular weight is 437 g/mol. The van der Waals surface area contributed by atoms with E-state index in [2.05, 4.69) is 74.7 Å². The van der Waals surface area contributed by atoms with Gasteiger partial charge >= 0.3 is 0 Å². The van der Waals surface area contributed by atoms with Crippen molar-refractivity contribution in [2.75, 3.05) is 0 Å². The molecule has 4 aromatic rings. The highest BCUT2D eigenvalue weighted by Crippen LogP contribution is 2.27. The number of hydrogen-bond acceptors (Lipinski definition) is 2. The first-order chi connectivity index (χ1) is 16.1. The molecule has 0 amide bonds. The fourth-order valence-electron chi connectivity index (χ4n) is 2.79. The molecule has 0 radical (unpaired) electrons. The van der Waals surface area contributed by atoms with Gasteiger partial charge in [-0.15, -0.1) is 13.2 Å². The van der Waals surface area contributed by atoms with Gasteiger partial charge in [-0.3, -0.25) is 0 Å². The van der Waals surface area contributed by atoms with Gasteiger partial charge in [-0.25, -0.2) is 9.97 Å². The SMILES string of the molecule is C=CC.C=CC.CC.Cc1ccc(-c2nc(-c3ccccc3)cc(-c3ccccc3)n2)cc1. The second-order valence-corrected chi connectivity index (χ2v) is 6.88. The Labute approximate surface area is 200 Å². The molecule has 0 N–H and O–H groups in total. The van der Waals surface area contributed by atoms with E-state index < -0.39 is 0 Å². The van der Waals surface area contributed by atoms with Crippen LogP contribution in [0.1, 0.15) is 33.3 Å². The van der Waals surface area contributed by atoms with E-state index in [4.69, 9.17) is 9.97 Å². The number of nitrogens with zero attached hydrogens (tertiary/aromatic N) is 2. The van der Waals surface area contributed by atoms with E-state index in [1.165, 1.54) is 5.56 Å². The molecule has 2 heteroatoms. The van der Waals surface area contributed by atoms with Gasteiger partial charge in [0.25, 0.3) is 0 Å². The van der Waals surface area contributed by atoms with Crippen LogP contribution in [0.15, 0.2) is 116 Å². The molecule has 0 aliphatic carbocycles. The molecule has 0 spiro atoms. The first-order valence-electron chi connectivity index (χ1n) is 11.3. The fourth-order valence-corrected chi connectivity index (χ4v) is 2.79. The van der Waals surface area contributed by atoms with Crippen LogP contribution in [0.4, 0.5) is 0 Å². The topological polar surface area (TPSA) is 25.8 Å². The molecule has 3 aromatic carbocycles. The lowest BCUT2D eigenvalue weighted by atomic mass is 10.1. The first-order valence-corrected chi connectivity index (χ1v) is 11.3. The van der Waals surface area contributed by atoms with Crippen LogP contribution in [0.25, 0.3) is 33.9 Å². The first kappa shape index (κ1) is 27.3. The summed E-state index contributed by atoms with van der Waals surface area (Å²) in [4.78, 5) is 9.64. The number of aromatic nitrogens is 2. The van der Waals surface area contributed by atoms with Gasteiger partial charge in [-0.2, -0.15) is 0 Å². The molecule has 1 aromatic heterocycles. The number of rotatable bonds is 3. The Morgan fingerprint density at radius 3 is 1.30 bits per heavy atom. The fraction of sp³-hybridized carbons (Fsp3) is 0.161. The van der Waals surface area contributed by atoms with Crippen molar-refractivity contribution >= 4 is 0 Å². The van der Waals surface area contributed by atoms with Crippen molar-refractivity contribution in [3.8, 4) is 33.9 Å². The van der Waals surface area contributed by atoms with E-state index in [-0.39, 0.29) is 0 Å². The smallest absolute Gasteiger partial charge is 0.160 e. The zero-order valence-electron chi connectivity index (χ0n) is 20.6. The molecule has 0 aliphatic heterocycles. The van der Waals surface area contributed by atoms with Crippen molar-refractivity contribution in [3.05, 3.63) is 122 Å².